The number of aliphatic hydroxyl groups excluding tert-OH is 1. The van der Waals surface area contributed by atoms with E-state index in [-0.39, 0.29) is 12.4 Å². The van der Waals surface area contributed by atoms with Crippen molar-refractivity contribution < 1.29 is 18.8 Å². The molecule has 0 aliphatic rings. The van der Waals surface area contributed by atoms with Crippen LogP contribution in [0.3, 0.4) is 0 Å². The molecule has 5 heteroatoms. The summed E-state index contributed by atoms with van der Waals surface area (Å²) in [6.45, 7) is 1.87. The van der Waals surface area contributed by atoms with E-state index in [1.165, 1.54) is 12.1 Å². The first-order valence-electron chi connectivity index (χ1n) is 6.60. The molecule has 1 unspecified atom stereocenters. The molecule has 0 fully saturated rings. The van der Waals surface area contributed by atoms with Gasteiger partial charge in [-0.2, -0.15) is 0 Å². The summed E-state index contributed by atoms with van der Waals surface area (Å²) >= 11 is 0. The van der Waals surface area contributed by atoms with Crippen molar-refractivity contribution in [2.45, 2.75) is 13.0 Å². The predicted octanol–water partition coefficient (Wildman–Crippen LogP) is 3.39. The summed E-state index contributed by atoms with van der Waals surface area (Å²) < 4.78 is 23.8. The number of benzene rings is 2. The first-order valence-corrected chi connectivity index (χ1v) is 6.60. The normalized spacial score (nSPS) is 12.5. The molecule has 0 amide bonds. The van der Waals surface area contributed by atoms with Gasteiger partial charge in [-0.1, -0.05) is 17.3 Å². The van der Waals surface area contributed by atoms with Crippen molar-refractivity contribution in [3.8, 4) is 17.0 Å². The number of hydrogen-bond acceptors (Lipinski definition) is 4. The van der Waals surface area contributed by atoms with Gasteiger partial charge >= 0.3 is 0 Å². The smallest absolute Gasteiger partial charge is 0.170 e. The van der Waals surface area contributed by atoms with E-state index < -0.39 is 6.10 Å². The van der Waals surface area contributed by atoms with Crippen LogP contribution in [0.15, 0.2) is 47.0 Å². The second-order valence-corrected chi connectivity index (χ2v) is 4.86. The highest BCUT2D eigenvalue weighted by Gasteiger charge is 2.12. The molecule has 1 N–H and O–H groups in total. The Balaban J connectivity index is 1.97. The SMILES string of the molecule is CC(O)COc1cccc(-c2noc3cc(F)ccc23)c1. The van der Waals surface area contributed by atoms with Crippen molar-refractivity contribution in [1.82, 2.24) is 5.16 Å². The van der Waals surface area contributed by atoms with Gasteiger partial charge in [0.05, 0.1) is 6.10 Å². The lowest BCUT2D eigenvalue weighted by molar-refractivity contribution is 0.123. The molecule has 3 rings (SSSR count). The summed E-state index contributed by atoms with van der Waals surface area (Å²) in [6.07, 6.45) is -0.537. The van der Waals surface area contributed by atoms with Crippen LogP contribution in [0.4, 0.5) is 4.39 Å². The average Bonchev–Trinajstić information content (AvgIpc) is 2.88. The summed E-state index contributed by atoms with van der Waals surface area (Å²) in [4.78, 5) is 0. The van der Waals surface area contributed by atoms with E-state index in [2.05, 4.69) is 5.16 Å². The molecule has 108 valence electrons. The van der Waals surface area contributed by atoms with Gasteiger partial charge in [-0.15, -0.1) is 0 Å². The molecule has 3 aromatic rings. The van der Waals surface area contributed by atoms with E-state index >= 15 is 0 Å². The Hall–Kier alpha value is -2.40. The Kier molecular flexibility index (Phi) is 3.58. The number of fused-ring (bicyclic) bond motifs is 1. The Labute approximate surface area is 120 Å². The van der Waals surface area contributed by atoms with Crippen molar-refractivity contribution in [2.24, 2.45) is 0 Å². The van der Waals surface area contributed by atoms with Gasteiger partial charge in [0.15, 0.2) is 5.58 Å². The third-order valence-electron chi connectivity index (χ3n) is 3.03. The topological polar surface area (TPSA) is 55.5 Å². The summed E-state index contributed by atoms with van der Waals surface area (Å²) in [5.74, 6) is 0.269. The molecule has 21 heavy (non-hydrogen) atoms. The van der Waals surface area contributed by atoms with Gasteiger partial charge in [0.2, 0.25) is 0 Å². The Morgan fingerprint density at radius 3 is 2.95 bits per heavy atom. The fraction of sp³-hybridized carbons (Fsp3) is 0.188. The van der Waals surface area contributed by atoms with E-state index in [4.69, 9.17) is 9.26 Å². The van der Waals surface area contributed by atoms with E-state index in [1.807, 2.05) is 18.2 Å². The summed E-state index contributed by atoms with van der Waals surface area (Å²) in [5, 5.41) is 14.0. The van der Waals surface area contributed by atoms with Gasteiger partial charge in [-0.25, -0.2) is 4.39 Å². The molecule has 0 saturated heterocycles. The van der Waals surface area contributed by atoms with Crippen LogP contribution in [0.5, 0.6) is 5.75 Å². The molecule has 0 radical (unpaired) electrons. The van der Waals surface area contributed by atoms with Crippen LogP contribution in [0.1, 0.15) is 6.92 Å². The molecule has 1 aromatic heterocycles. The molecule has 4 nitrogen and oxygen atoms in total. The minimum atomic E-state index is -0.537. The van der Waals surface area contributed by atoms with E-state index in [9.17, 15) is 9.50 Å². The number of hydrogen-bond donors (Lipinski definition) is 1. The number of nitrogens with zero attached hydrogens (tertiary/aromatic N) is 1. The first-order chi connectivity index (χ1) is 10.1. The maximum absolute atomic E-state index is 13.2. The molecule has 0 saturated carbocycles. The monoisotopic (exact) mass is 287 g/mol. The van der Waals surface area contributed by atoms with Crippen LogP contribution in [0.2, 0.25) is 0 Å². The second kappa shape index (κ2) is 5.54. The highest BCUT2D eigenvalue weighted by atomic mass is 19.1. The zero-order chi connectivity index (χ0) is 14.8. The quantitative estimate of drug-likeness (QED) is 0.799. The van der Waals surface area contributed by atoms with Gasteiger partial charge in [0.1, 0.15) is 23.9 Å². The summed E-state index contributed by atoms with van der Waals surface area (Å²) in [5.41, 5.74) is 1.84. The van der Waals surface area contributed by atoms with Gasteiger partial charge < -0.3 is 14.4 Å². The zero-order valence-corrected chi connectivity index (χ0v) is 11.4. The second-order valence-electron chi connectivity index (χ2n) is 4.86. The fourth-order valence-corrected chi connectivity index (χ4v) is 2.07. The van der Waals surface area contributed by atoms with Gasteiger partial charge in [-0.05, 0) is 31.2 Å². The van der Waals surface area contributed by atoms with Crippen LogP contribution >= 0.6 is 0 Å². The lowest BCUT2D eigenvalue weighted by Crippen LogP contribution is -2.12. The van der Waals surface area contributed by atoms with Crippen LogP contribution in [0.25, 0.3) is 22.2 Å². The van der Waals surface area contributed by atoms with Crippen molar-refractivity contribution in [2.75, 3.05) is 6.61 Å². The lowest BCUT2D eigenvalue weighted by atomic mass is 10.1. The van der Waals surface area contributed by atoms with E-state index in [0.717, 1.165) is 10.9 Å². The number of aliphatic hydroxyl groups is 1. The Bertz CT molecular complexity index is 767. The minimum absolute atomic E-state index is 0.216. The first kappa shape index (κ1) is 13.6. The van der Waals surface area contributed by atoms with E-state index in [1.54, 1.807) is 19.1 Å². The predicted molar refractivity (Wildman–Crippen MR) is 76.6 cm³/mol. The molecule has 0 spiro atoms. The highest BCUT2D eigenvalue weighted by Crippen LogP contribution is 2.30. The third kappa shape index (κ3) is 2.87. The maximum Gasteiger partial charge on any atom is 0.170 e. The van der Waals surface area contributed by atoms with Crippen molar-refractivity contribution in [1.29, 1.82) is 0 Å². The molecular weight excluding hydrogens is 273 g/mol. The number of aromatic nitrogens is 1. The number of rotatable bonds is 4. The van der Waals surface area contributed by atoms with Crippen LogP contribution < -0.4 is 4.74 Å². The molecule has 0 aliphatic carbocycles. The van der Waals surface area contributed by atoms with Crippen LogP contribution in [-0.4, -0.2) is 23.0 Å². The standard InChI is InChI=1S/C16H14FNO3/c1-10(19)9-20-13-4-2-3-11(7-13)16-14-6-5-12(17)8-15(14)21-18-16/h2-8,10,19H,9H2,1H3. The number of halogens is 1. The van der Waals surface area contributed by atoms with Crippen LogP contribution in [0, 0.1) is 5.82 Å². The molecule has 1 atom stereocenters. The van der Waals surface area contributed by atoms with Crippen molar-refractivity contribution in [3.63, 3.8) is 0 Å². The Morgan fingerprint density at radius 1 is 1.29 bits per heavy atom. The lowest BCUT2D eigenvalue weighted by Gasteiger charge is -2.08. The summed E-state index contributed by atoms with van der Waals surface area (Å²) in [7, 11) is 0. The molecule has 0 bridgehead atoms. The molecule has 2 aromatic carbocycles. The van der Waals surface area contributed by atoms with Gasteiger partial charge in [-0.3, -0.25) is 0 Å². The van der Waals surface area contributed by atoms with Crippen LogP contribution in [-0.2, 0) is 0 Å². The third-order valence-corrected chi connectivity index (χ3v) is 3.03. The summed E-state index contributed by atoms with van der Waals surface area (Å²) in [6, 6.07) is 11.6. The van der Waals surface area contributed by atoms with E-state index in [0.29, 0.717) is 17.0 Å². The highest BCUT2D eigenvalue weighted by molar-refractivity contribution is 5.91. The largest absolute Gasteiger partial charge is 0.491 e. The molecule has 1 heterocycles. The van der Waals surface area contributed by atoms with Gasteiger partial charge in [0, 0.05) is 17.0 Å². The van der Waals surface area contributed by atoms with Gasteiger partial charge in [0.25, 0.3) is 0 Å². The Morgan fingerprint density at radius 2 is 2.14 bits per heavy atom. The minimum Gasteiger partial charge on any atom is -0.491 e. The zero-order valence-electron chi connectivity index (χ0n) is 11.4. The molecular formula is C16H14FNO3. The average molecular weight is 287 g/mol. The maximum atomic E-state index is 13.2. The fourth-order valence-electron chi connectivity index (χ4n) is 2.07. The molecule has 0 aliphatic heterocycles. The number of ether oxygens (including phenoxy) is 1. The van der Waals surface area contributed by atoms with Crippen molar-refractivity contribution in [3.05, 3.63) is 48.3 Å². The van der Waals surface area contributed by atoms with Crippen molar-refractivity contribution >= 4 is 11.0 Å².